The van der Waals surface area contributed by atoms with Gasteiger partial charge in [0.15, 0.2) is 0 Å². The average molecular weight is 395 g/mol. The molecule has 6 nitrogen and oxygen atoms in total. The van der Waals surface area contributed by atoms with Gasteiger partial charge in [-0.3, -0.25) is 9.71 Å². The highest BCUT2D eigenvalue weighted by molar-refractivity contribution is 7.92. The third kappa shape index (κ3) is 4.06. The predicted octanol–water partition coefficient (Wildman–Crippen LogP) is 3.95. The van der Waals surface area contributed by atoms with E-state index in [1.165, 1.54) is 30.5 Å². The lowest BCUT2D eigenvalue weighted by atomic mass is 10.1. The molecular formula is C19H11ClN4O2S. The van der Waals surface area contributed by atoms with Crippen molar-refractivity contribution in [2.45, 2.75) is 4.90 Å². The molecule has 0 unspecified atom stereocenters. The number of anilines is 1. The maximum absolute atomic E-state index is 12.5. The van der Waals surface area contributed by atoms with Crippen LogP contribution in [-0.4, -0.2) is 13.4 Å². The van der Waals surface area contributed by atoms with Crippen LogP contribution in [0.3, 0.4) is 0 Å². The topological polar surface area (TPSA) is 107 Å². The Morgan fingerprint density at radius 1 is 0.926 bits per heavy atom. The number of hydrogen-bond donors (Lipinski definition) is 1. The number of hydrogen-bond acceptors (Lipinski definition) is 5. The van der Waals surface area contributed by atoms with E-state index in [-0.39, 0.29) is 10.6 Å². The van der Waals surface area contributed by atoms with Crippen molar-refractivity contribution >= 4 is 27.3 Å². The first-order valence-electron chi connectivity index (χ1n) is 7.61. The molecule has 1 heterocycles. The molecule has 132 valence electrons. The summed E-state index contributed by atoms with van der Waals surface area (Å²) < 4.78 is 27.5. The summed E-state index contributed by atoms with van der Waals surface area (Å²) in [6.07, 6.45) is 2.95. The Kier molecular flexibility index (Phi) is 5.09. The minimum atomic E-state index is -3.82. The fraction of sp³-hybridized carbons (Fsp3) is 0. The van der Waals surface area contributed by atoms with E-state index in [4.69, 9.17) is 22.1 Å². The smallest absolute Gasteiger partial charge is 0.261 e. The molecule has 3 aromatic rings. The van der Waals surface area contributed by atoms with Crippen molar-refractivity contribution in [3.05, 3.63) is 77.1 Å². The standard InChI is InChI=1S/C19H11ClN4O2S/c20-19-8-14(3-4-15(19)10-22)16-7-17(12-23-11-16)24-27(25,26)18-5-1-13(9-21)2-6-18/h1-8,11-12,24H. The Morgan fingerprint density at radius 2 is 1.67 bits per heavy atom. The molecule has 27 heavy (non-hydrogen) atoms. The molecule has 0 fully saturated rings. The van der Waals surface area contributed by atoms with Gasteiger partial charge in [-0.2, -0.15) is 10.5 Å². The Labute approximate surface area is 161 Å². The molecule has 0 saturated carbocycles. The summed E-state index contributed by atoms with van der Waals surface area (Å²) in [5, 5.41) is 18.1. The molecule has 2 aromatic carbocycles. The van der Waals surface area contributed by atoms with Gasteiger partial charge in [-0.15, -0.1) is 0 Å². The van der Waals surface area contributed by atoms with Gasteiger partial charge in [-0.05, 0) is 48.0 Å². The molecule has 0 aliphatic heterocycles. The van der Waals surface area contributed by atoms with Crippen LogP contribution >= 0.6 is 11.6 Å². The van der Waals surface area contributed by atoms with Crippen molar-refractivity contribution in [1.29, 1.82) is 10.5 Å². The van der Waals surface area contributed by atoms with Crippen molar-refractivity contribution in [3.8, 4) is 23.3 Å². The van der Waals surface area contributed by atoms with Crippen LogP contribution in [0, 0.1) is 22.7 Å². The monoisotopic (exact) mass is 394 g/mol. The van der Waals surface area contributed by atoms with Crippen LogP contribution in [0.25, 0.3) is 11.1 Å². The van der Waals surface area contributed by atoms with Crippen molar-refractivity contribution in [2.75, 3.05) is 4.72 Å². The summed E-state index contributed by atoms with van der Waals surface area (Å²) in [4.78, 5) is 4.10. The molecule has 0 radical (unpaired) electrons. The van der Waals surface area contributed by atoms with Crippen LogP contribution < -0.4 is 4.72 Å². The van der Waals surface area contributed by atoms with E-state index in [1.807, 2.05) is 12.1 Å². The van der Waals surface area contributed by atoms with E-state index in [0.717, 1.165) is 0 Å². The second kappa shape index (κ2) is 7.46. The number of nitrogens with one attached hydrogen (secondary N) is 1. The fourth-order valence-corrected chi connectivity index (χ4v) is 3.62. The van der Waals surface area contributed by atoms with E-state index in [9.17, 15) is 8.42 Å². The van der Waals surface area contributed by atoms with E-state index < -0.39 is 10.0 Å². The summed E-state index contributed by atoms with van der Waals surface area (Å²) in [5.41, 5.74) is 2.34. The molecule has 1 aromatic heterocycles. The van der Waals surface area contributed by atoms with Crippen LogP contribution in [0.5, 0.6) is 0 Å². The van der Waals surface area contributed by atoms with Gasteiger partial charge >= 0.3 is 0 Å². The van der Waals surface area contributed by atoms with Crippen LogP contribution in [0.4, 0.5) is 5.69 Å². The molecular weight excluding hydrogens is 384 g/mol. The summed E-state index contributed by atoms with van der Waals surface area (Å²) in [6, 6.07) is 16.0. The molecule has 0 bridgehead atoms. The number of aromatic nitrogens is 1. The average Bonchev–Trinajstić information content (AvgIpc) is 2.68. The first kappa shape index (κ1) is 18.4. The van der Waals surface area contributed by atoms with Crippen LogP contribution in [0.2, 0.25) is 5.02 Å². The van der Waals surface area contributed by atoms with E-state index in [0.29, 0.717) is 27.3 Å². The van der Waals surface area contributed by atoms with Gasteiger partial charge in [0.05, 0.1) is 39.0 Å². The molecule has 0 amide bonds. The van der Waals surface area contributed by atoms with Gasteiger partial charge in [0.25, 0.3) is 10.0 Å². The lowest BCUT2D eigenvalue weighted by Gasteiger charge is -2.10. The lowest BCUT2D eigenvalue weighted by Crippen LogP contribution is -2.13. The highest BCUT2D eigenvalue weighted by Crippen LogP contribution is 2.27. The van der Waals surface area contributed by atoms with Crippen molar-refractivity contribution in [2.24, 2.45) is 0 Å². The third-order valence-corrected chi connectivity index (χ3v) is 5.42. The largest absolute Gasteiger partial charge is 0.278 e. The Balaban J connectivity index is 1.90. The van der Waals surface area contributed by atoms with E-state index in [1.54, 1.807) is 30.5 Å². The Bertz CT molecular complexity index is 1190. The van der Waals surface area contributed by atoms with E-state index >= 15 is 0 Å². The third-order valence-electron chi connectivity index (χ3n) is 3.71. The number of rotatable bonds is 4. The minimum Gasteiger partial charge on any atom is -0.278 e. The number of nitrogens with zero attached hydrogens (tertiary/aromatic N) is 3. The normalized spacial score (nSPS) is 10.6. The number of halogens is 1. The molecule has 0 atom stereocenters. The predicted molar refractivity (Wildman–Crippen MR) is 101 cm³/mol. The summed E-state index contributed by atoms with van der Waals surface area (Å²) in [7, 11) is -3.82. The minimum absolute atomic E-state index is 0.0355. The molecule has 1 N–H and O–H groups in total. The first-order chi connectivity index (χ1) is 12.9. The SMILES string of the molecule is N#Cc1ccc(S(=O)(=O)Nc2cncc(-c3ccc(C#N)c(Cl)c3)c2)cc1. The zero-order chi connectivity index (χ0) is 19.4. The van der Waals surface area contributed by atoms with Crippen LogP contribution in [0.15, 0.2) is 65.8 Å². The summed E-state index contributed by atoms with van der Waals surface area (Å²) in [5.74, 6) is 0. The van der Waals surface area contributed by atoms with E-state index in [2.05, 4.69) is 9.71 Å². The van der Waals surface area contributed by atoms with Gasteiger partial charge in [0.2, 0.25) is 0 Å². The first-order valence-corrected chi connectivity index (χ1v) is 9.47. The molecule has 8 heteroatoms. The lowest BCUT2D eigenvalue weighted by molar-refractivity contribution is 0.601. The second-order valence-corrected chi connectivity index (χ2v) is 7.60. The van der Waals surface area contributed by atoms with Crippen LogP contribution in [0.1, 0.15) is 11.1 Å². The quantitative estimate of drug-likeness (QED) is 0.721. The maximum Gasteiger partial charge on any atom is 0.261 e. The summed E-state index contributed by atoms with van der Waals surface area (Å²) >= 11 is 6.05. The van der Waals surface area contributed by atoms with Gasteiger partial charge in [0.1, 0.15) is 6.07 Å². The van der Waals surface area contributed by atoms with Crippen molar-refractivity contribution < 1.29 is 8.42 Å². The van der Waals surface area contributed by atoms with Gasteiger partial charge < -0.3 is 0 Å². The second-order valence-electron chi connectivity index (χ2n) is 5.51. The molecule has 0 saturated heterocycles. The number of benzene rings is 2. The Morgan fingerprint density at radius 3 is 2.30 bits per heavy atom. The molecule has 0 spiro atoms. The van der Waals surface area contributed by atoms with Gasteiger partial charge in [0, 0.05) is 11.8 Å². The molecule has 0 aliphatic carbocycles. The molecule has 3 rings (SSSR count). The highest BCUT2D eigenvalue weighted by atomic mass is 35.5. The fourth-order valence-electron chi connectivity index (χ4n) is 2.36. The zero-order valence-corrected chi connectivity index (χ0v) is 15.3. The number of sulfonamides is 1. The van der Waals surface area contributed by atoms with Gasteiger partial charge in [-0.25, -0.2) is 8.42 Å². The van der Waals surface area contributed by atoms with Crippen LogP contribution in [-0.2, 0) is 10.0 Å². The summed E-state index contributed by atoms with van der Waals surface area (Å²) in [6.45, 7) is 0. The highest BCUT2D eigenvalue weighted by Gasteiger charge is 2.15. The molecule has 0 aliphatic rings. The number of nitriles is 2. The number of pyridine rings is 1. The van der Waals surface area contributed by atoms with Gasteiger partial charge in [-0.1, -0.05) is 17.7 Å². The van der Waals surface area contributed by atoms with Crippen molar-refractivity contribution in [3.63, 3.8) is 0 Å². The van der Waals surface area contributed by atoms with Crippen molar-refractivity contribution in [1.82, 2.24) is 4.98 Å². The zero-order valence-electron chi connectivity index (χ0n) is 13.7. The Hall–Kier alpha value is -3.39. The maximum atomic E-state index is 12.5.